The van der Waals surface area contributed by atoms with Crippen LogP contribution < -0.4 is 5.32 Å². The standard InChI is InChI=1S/C15H33N3O/c1-13(2)16-15(3,12-19)8-11-18-9-6-14(7-10-18)17(4)5/h13-14,16,19H,6-12H2,1-5H3. The lowest BCUT2D eigenvalue weighted by Gasteiger charge is -2.38. The molecule has 0 aromatic carbocycles. The van der Waals surface area contributed by atoms with E-state index in [2.05, 4.69) is 50.0 Å². The minimum Gasteiger partial charge on any atom is -0.394 e. The molecule has 114 valence electrons. The topological polar surface area (TPSA) is 38.7 Å². The maximum absolute atomic E-state index is 9.59. The number of nitrogens with zero attached hydrogens (tertiary/aromatic N) is 2. The van der Waals surface area contributed by atoms with Gasteiger partial charge in [-0.25, -0.2) is 0 Å². The summed E-state index contributed by atoms with van der Waals surface area (Å²) in [4.78, 5) is 4.88. The van der Waals surface area contributed by atoms with Crippen LogP contribution in [0.25, 0.3) is 0 Å². The fraction of sp³-hybridized carbons (Fsp3) is 1.00. The Kier molecular flexibility index (Phi) is 6.74. The summed E-state index contributed by atoms with van der Waals surface area (Å²) < 4.78 is 0. The maximum Gasteiger partial charge on any atom is 0.0611 e. The van der Waals surface area contributed by atoms with Crippen molar-refractivity contribution in [3.63, 3.8) is 0 Å². The van der Waals surface area contributed by atoms with Crippen LogP contribution in [-0.2, 0) is 0 Å². The van der Waals surface area contributed by atoms with Gasteiger partial charge in [-0.3, -0.25) is 0 Å². The van der Waals surface area contributed by atoms with Crippen LogP contribution in [0.2, 0.25) is 0 Å². The monoisotopic (exact) mass is 271 g/mol. The van der Waals surface area contributed by atoms with Gasteiger partial charge in [0.2, 0.25) is 0 Å². The minimum absolute atomic E-state index is 0.146. The predicted molar refractivity (Wildman–Crippen MR) is 81.5 cm³/mol. The van der Waals surface area contributed by atoms with E-state index in [9.17, 15) is 5.11 Å². The zero-order chi connectivity index (χ0) is 14.5. The van der Waals surface area contributed by atoms with Crippen LogP contribution in [0.3, 0.4) is 0 Å². The van der Waals surface area contributed by atoms with Crippen LogP contribution in [-0.4, -0.2) is 72.9 Å². The minimum atomic E-state index is -0.146. The van der Waals surface area contributed by atoms with Gasteiger partial charge in [-0.15, -0.1) is 0 Å². The maximum atomic E-state index is 9.59. The van der Waals surface area contributed by atoms with E-state index in [1.165, 1.54) is 25.9 Å². The summed E-state index contributed by atoms with van der Waals surface area (Å²) >= 11 is 0. The highest BCUT2D eigenvalue weighted by Crippen LogP contribution is 2.17. The van der Waals surface area contributed by atoms with E-state index in [0.29, 0.717) is 6.04 Å². The highest BCUT2D eigenvalue weighted by Gasteiger charge is 2.26. The van der Waals surface area contributed by atoms with Crippen molar-refractivity contribution in [2.24, 2.45) is 0 Å². The van der Waals surface area contributed by atoms with Gasteiger partial charge in [0.05, 0.1) is 6.61 Å². The molecule has 19 heavy (non-hydrogen) atoms. The fourth-order valence-corrected chi connectivity index (χ4v) is 2.96. The van der Waals surface area contributed by atoms with Crippen LogP contribution in [0.1, 0.15) is 40.0 Å². The number of piperidine rings is 1. The molecule has 0 aromatic heterocycles. The van der Waals surface area contributed by atoms with Crippen LogP contribution in [0.15, 0.2) is 0 Å². The molecular weight excluding hydrogens is 238 g/mol. The molecule has 1 saturated heterocycles. The summed E-state index contributed by atoms with van der Waals surface area (Å²) in [6.45, 7) is 10.1. The van der Waals surface area contributed by atoms with Crippen molar-refractivity contribution >= 4 is 0 Å². The summed E-state index contributed by atoms with van der Waals surface area (Å²) in [6, 6.07) is 1.16. The van der Waals surface area contributed by atoms with Crippen molar-refractivity contribution in [3.8, 4) is 0 Å². The van der Waals surface area contributed by atoms with E-state index in [-0.39, 0.29) is 12.1 Å². The summed E-state index contributed by atoms with van der Waals surface area (Å²) in [5, 5.41) is 13.1. The molecule has 0 spiro atoms. The summed E-state index contributed by atoms with van der Waals surface area (Å²) in [5.74, 6) is 0. The number of aliphatic hydroxyl groups excluding tert-OH is 1. The van der Waals surface area contributed by atoms with Gasteiger partial charge in [0.1, 0.15) is 0 Å². The van der Waals surface area contributed by atoms with Gasteiger partial charge in [-0.1, -0.05) is 13.8 Å². The van der Waals surface area contributed by atoms with E-state index in [0.717, 1.165) is 19.0 Å². The average molecular weight is 271 g/mol. The Morgan fingerprint density at radius 3 is 2.32 bits per heavy atom. The zero-order valence-corrected chi connectivity index (χ0v) is 13.4. The molecule has 0 radical (unpaired) electrons. The van der Waals surface area contributed by atoms with E-state index >= 15 is 0 Å². The van der Waals surface area contributed by atoms with Crippen molar-refractivity contribution in [2.75, 3.05) is 40.3 Å². The first-order valence-electron chi connectivity index (χ1n) is 7.63. The molecule has 1 fully saturated rings. The second-order valence-corrected chi connectivity index (χ2v) is 6.80. The number of aliphatic hydroxyl groups is 1. The zero-order valence-electron chi connectivity index (χ0n) is 13.4. The van der Waals surface area contributed by atoms with Crippen molar-refractivity contribution in [1.82, 2.24) is 15.1 Å². The fourth-order valence-electron chi connectivity index (χ4n) is 2.96. The number of rotatable bonds is 7. The molecule has 4 heteroatoms. The Bertz CT molecular complexity index is 250. The van der Waals surface area contributed by atoms with Crippen LogP contribution in [0.5, 0.6) is 0 Å². The quantitative estimate of drug-likeness (QED) is 0.729. The molecule has 0 saturated carbocycles. The van der Waals surface area contributed by atoms with Gasteiger partial charge in [0, 0.05) is 17.6 Å². The Morgan fingerprint density at radius 1 is 1.32 bits per heavy atom. The molecule has 2 N–H and O–H groups in total. The molecule has 0 aromatic rings. The predicted octanol–water partition coefficient (Wildman–Crippen LogP) is 1.15. The molecule has 1 unspecified atom stereocenters. The van der Waals surface area contributed by atoms with E-state index < -0.39 is 0 Å². The Labute approximate surface area is 119 Å². The van der Waals surface area contributed by atoms with Gasteiger partial charge < -0.3 is 20.2 Å². The van der Waals surface area contributed by atoms with Crippen molar-refractivity contribution in [2.45, 2.75) is 57.7 Å². The van der Waals surface area contributed by atoms with Crippen molar-refractivity contribution in [1.29, 1.82) is 0 Å². The lowest BCUT2D eigenvalue weighted by Crippen LogP contribution is -2.51. The third kappa shape index (κ3) is 5.78. The summed E-state index contributed by atoms with van der Waals surface area (Å²) in [5.41, 5.74) is -0.146. The first kappa shape index (κ1) is 16.9. The molecular formula is C15H33N3O. The number of hydrogen-bond acceptors (Lipinski definition) is 4. The third-order valence-electron chi connectivity index (χ3n) is 4.25. The van der Waals surface area contributed by atoms with E-state index in [4.69, 9.17) is 0 Å². The first-order chi connectivity index (χ1) is 8.86. The lowest BCUT2D eigenvalue weighted by molar-refractivity contribution is 0.110. The van der Waals surface area contributed by atoms with Crippen LogP contribution in [0, 0.1) is 0 Å². The summed E-state index contributed by atoms with van der Waals surface area (Å²) in [7, 11) is 4.35. The van der Waals surface area contributed by atoms with E-state index in [1.807, 2.05) is 0 Å². The molecule has 0 amide bonds. The third-order valence-corrected chi connectivity index (χ3v) is 4.25. The van der Waals surface area contributed by atoms with Gasteiger partial charge >= 0.3 is 0 Å². The SMILES string of the molecule is CC(C)NC(C)(CO)CCN1CCC(N(C)C)CC1. The van der Waals surface area contributed by atoms with Gasteiger partial charge in [-0.2, -0.15) is 0 Å². The normalized spacial score (nSPS) is 22.1. The second kappa shape index (κ2) is 7.58. The molecule has 0 aliphatic carbocycles. The largest absolute Gasteiger partial charge is 0.394 e. The van der Waals surface area contributed by atoms with Gasteiger partial charge in [-0.05, 0) is 59.9 Å². The number of nitrogens with one attached hydrogen (secondary N) is 1. The smallest absolute Gasteiger partial charge is 0.0611 e. The van der Waals surface area contributed by atoms with Crippen LogP contribution in [0.4, 0.5) is 0 Å². The number of likely N-dealkylation sites (tertiary alicyclic amines) is 1. The van der Waals surface area contributed by atoms with Gasteiger partial charge in [0.15, 0.2) is 0 Å². The average Bonchev–Trinajstić information content (AvgIpc) is 2.36. The van der Waals surface area contributed by atoms with Crippen molar-refractivity contribution in [3.05, 3.63) is 0 Å². The molecule has 1 heterocycles. The van der Waals surface area contributed by atoms with Crippen LogP contribution >= 0.6 is 0 Å². The Balaban J connectivity index is 2.32. The lowest BCUT2D eigenvalue weighted by atomic mass is 9.96. The molecule has 1 atom stereocenters. The summed E-state index contributed by atoms with van der Waals surface area (Å²) in [6.07, 6.45) is 3.54. The van der Waals surface area contributed by atoms with E-state index in [1.54, 1.807) is 0 Å². The molecule has 1 rings (SSSR count). The number of hydrogen-bond donors (Lipinski definition) is 2. The Morgan fingerprint density at radius 2 is 1.89 bits per heavy atom. The second-order valence-electron chi connectivity index (χ2n) is 6.80. The Hall–Kier alpha value is -0.160. The molecule has 1 aliphatic rings. The van der Waals surface area contributed by atoms with Gasteiger partial charge in [0.25, 0.3) is 0 Å². The molecule has 1 aliphatic heterocycles. The van der Waals surface area contributed by atoms with Crippen molar-refractivity contribution < 1.29 is 5.11 Å². The highest BCUT2D eigenvalue weighted by atomic mass is 16.3. The highest BCUT2D eigenvalue weighted by molar-refractivity contribution is 4.86. The molecule has 0 bridgehead atoms. The first-order valence-corrected chi connectivity index (χ1v) is 7.63. The molecule has 4 nitrogen and oxygen atoms in total.